The Kier molecular flexibility index (Phi) is 6.63. The first-order valence-corrected chi connectivity index (χ1v) is 13.0. The summed E-state index contributed by atoms with van der Waals surface area (Å²) in [6.45, 7) is 5.52. The molecule has 2 aliphatic rings. The van der Waals surface area contributed by atoms with Gasteiger partial charge in [-0.15, -0.1) is 5.10 Å². The quantitative estimate of drug-likeness (QED) is 0.252. The van der Waals surface area contributed by atoms with Crippen molar-refractivity contribution in [2.75, 3.05) is 61.3 Å². The van der Waals surface area contributed by atoms with Crippen molar-refractivity contribution in [2.45, 2.75) is 12.8 Å². The summed E-state index contributed by atoms with van der Waals surface area (Å²) < 4.78 is 6.80. The van der Waals surface area contributed by atoms with Crippen molar-refractivity contribution in [1.29, 1.82) is 0 Å². The molecule has 1 aromatic carbocycles. The molecule has 0 aliphatic carbocycles. The fourth-order valence-corrected chi connectivity index (χ4v) is 5.44. The zero-order valence-electron chi connectivity index (χ0n) is 21.6. The summed E-state index contributed by atoms with van der Waals surface area (Å²) in [5, 5.41) is 25.0. The second-order valence-electron chi connectivity index (χ2n) is 10.0. The number of nitro groups is 1. The lowest BCUT2D eigenvalue weighted by Crippen LogP contribution is -2.49. The molecule has 15 heteroatoms. The summed E-state index contributed by atoms with van der Waals surface area (Å²) >= 11 is 0. The zero-order valence-corrected chi connectivity index (χ0v) is 21.6. The number of furan rings is 1. The molecule has 2 saturated heterocycles. The van der Waals surface area contributed by atoms with E-state index in [-0.39, 0.29) is 17.2 Å². The Hall–Kier alpha value is -4.79. The molecular formula is C25H28N10O5. The number of fused-ring (bicyclic) bond motifs is 1. The van der Waals surface area contributed by atoms with Gasteiger partial charge in [-0.05, 0) is 43.0 Å². The predicted octanol–water partition coefficient (Wildman–Crippen LogP) is 2.01. The van der Waals surface area contributed by atoms with E-state index < -0.39 is 10.9 Å². The van der Waals surface area contributed by atoms with Crippen molar-refractivity contribution < 1.29 is 19.2 Å². The predicted molar refractivity (Wildman–Crippen MR) is 144 cm³/mol. The molecule has 2 aliphatic heterocycles. The number of benzene rings is 1. The smallest absolute Gasteiger partial charge is 0.342 e. The maximum atomic E-state index is 11.4. The third kappa shape index (κ3) is 4.98. The number of carboxylic acids is 1. The second kappa shape index (κ2) is 10.4. The number of nitrogens with zero attached hydrogens (tertiary/aromatic N) is 9. The molecule has 1 unspecified atom stereocenters. The van der Waals surface area contributed by atoms with Crippen molar-refractivity contribution in [2.24, 2.45) is 5.92 Å². The Balaban J connectivity index is 1.09. The number of nitrogens with two attached hydrogens (primary N) is 1. The van der Waals surface area contributed by atoms with Gasteiger partial charge in [-0.2, -0.15) is 19.5 Å². The number of nitro benzene ring substituents is 1. The van der Waals surface area contributed by atoms with Crippen molar-refractivity contribution in [3.05, 3.63) is 52.3 Å². The first kappa shape index (κ1) is 25.5. The molecule has 0 saturated carbocycles. The van der Waals surface area contributed by atoms with E-state index in [1.165, 1.54) is 16.6 Å². The van der Waals surface area contributed by atoms with Crippen LogP contribution in [-0.2, 0) is 0 Å². The summed E-state index contributed by atoms with van der Waals surface area (Å²) in [6, 6.07) is 7.84. The Bertz CT molecular complexity index is 1550. The molecule has 3 aromatic heterocycles. The van der Waals surface area contributed by atoms with Crippen LogP contribution >= 0.6 is 0 Å². The standard InChI is InChI=1S/C25H28N10O5/c26-23-28-24(29-25-27-21(30-34(23)25)20-4-2-12-40-20)33-7-1-3-16(15-33)14-31-8-10-32(11-9-31)17-5-6-18(22(36)37)19(13-17)35(38)39/h2,4-6,12-13,16H,1,3,7-11,14-15H2,(H,36,37)(H2,26,27,28,29,30). The molecule has 5 heterocycles. The topological polar surface area (TPSA) is 185 Å². The number of aromatic carboxylic acids is 1. The first-order valence-electron chi connectivity index (χ1n) is 13.0. The molecule has 0 radical (unpaired) electrons. The van der Waals surface area contributed by atoms with E-state index in [1.54, 1.807) is 24.5 Å². The Morgan fingerprint density at radius 1 is 1.12 bits per heavy atom. The highest BCUT2D eigenvalue weighted by Crippen LogP contribution is 2.28. The van der Waals surface area contributed by atoms with Gasteiger partial charge < -0.3 is 25.1 Å². The largest absolute Gasteiger partial charge is 0.477 e. The van der Waals surface area contributed by atoms with E-state index in [9.17, 15) is 20.0 Å². The zero-order chi connectivity index (χ0) is 27.8. The Morgan fingerprint density at radius 2 is 1.95 bits per heavy atom. The minimum absolute atomic E-state index is 0.208. The van der Waals surface area contributed by atoms with Crippen LogP contribution in [0.2, 0.25) is 0 Å². The molecule has 40 heavy (non-hydrogen) atoms. The second-order valence-corrected chi connectivity index (χ2v) is 10.0. The van der Waals surface area contributed by atoms with Gasteiger partial charge in [0.15, 0.2) is 5.76 Å². The van der Waals surface area contributed by atoms with Gasteiger partial charge >= 0.3 is 5.97 Å². The third-order valence-corrected chi connectivity index (χ3v) is 7.43. The minimum atomic E-state index is -1.31. The number of rotatable bonds is 7. The molecule has 4 aromatic rings. The Morgan fingerprint density at radius 3 is 2.67 bits per heavy atom. The average molecular weight is 549 g/mol. The number of hydrogen-bond acceptors (Lipinski definition) is 12. The van der Waals surface area contributed by atoms with Crippen LogP contribution in [-0.4, -0.2) is 91.3 Å². The minimum Gasteiger partial charge on any atom is -0.477 e. The fraction of sp³-hybridized carbons (Fsp3) is 0.400. The highest BCUT2D eigenvalue weighted by Gasteiger charge is 2.28. The number of piperidine rings is 1. The van der Waals surface area contributed by atoms with Gasteiger partial charge in [-0.25, -0.2) is 4.79 Å². The van der Waals surface area contributed by atoms with Crippen molar-refractivity contribution >= 4 is 35.0 Å². The molecule has 3 N–H and O–H groups in total. The summed E-state index contributed by atoms with van der Waals surface area (Å²) in [7, 11) is 0. The van der Waals surface area contributed by atoms with Crippen LogP contribution in [0.5, 0.6) is 0 Å². The lowest BCUT2D eigenvalue weighted by molar-refractivity contribution is -0.385. The van der Waals surface area contributed by atoms with Gasteiger partial charge in [0, 0.05) is 57.6 Å². The molecule has 6 rings (SSSR count). The molecule has 0 spiro atoms. The maximum Gasteiger partial charge on any atom is 0.342 e. The van der Waals surface area contributed by atoms with Gasteiger partial charge in [-0.1, -0.05) is 0 Å². The van der Waals surface area contributed by atoms with Gasteiger partial charge in [0.25, 0.3) is 11.5 Å². The van der Waals surface area contributed by atoms with Crippen LogP contribution in [0.4, 0.5) is 23.3 Å². The number of anilines is 3. The summed E-state index contributed by atoms with van der Waals surface area (Å²) in [4.78, 5) is 42.3. The molecule has 0 amide bonds. The molecule has 208 valence electrons. The van der Waals surface area contributed by atoms with E-state index in [1.807, 2.05) is 0 Å². The van der Waals surface area contributed by atoms with Crippen LogP contribution in [0.3, 0.4) is 0 Å². The summed E-state index contributed by atoms with van der Waals surface area (Å²) in [5.74, 6) is 1.13. The molecule has 2 fully saturated rings. The lowest BCUT2D eigenvalue weighted by atomic mass is 9.97. The Labute approximate surface area is 228 Å². The van der Waals surface area contributed by atoms with E-state index in [0.29, 0.717) is 48.0 Å². The number of aromatic nitrogens is 5. The molecular weight excluding hydrogens is 520 g/mol. The van der Waals surface area contributed by atoms with Crippen LogP contribution in [0.1, 0.15) is 23.2 Å². The molecule has 0 bridgehead atoms. The number of hydrogen-bond donors (Lipinski definition) is 2. The van der Waals surface area contributed by atoms with Crippen LogP contribution in [0, 0.1) is 16.0 Å². The highest BCUT2D eigenvalue weighted by atomic mass is 16.6. The number of nitrogen functional groups attached to an aromatic ring is 1. The molecule has 15 nitrogen and oxygen atoms in total. The third-order valence-electron chi connectivity index (χ3n) is 7.43. The number of carbonyl (C=O) groups is 1. The number of carboxylic acid groups (broad SMARTS) is 1. The summed E-state index contributed by atoms with van der Waals surface area (Å²) in [6.07, 6.45) is 3.65. The van der Waals surface area contributed by atoms with E-state index in [0.717, 1.165) is 45.6 Å². The fourth-order valence-electron chi connectivity index (χ4n) is 5.44. The van der Waals surface area contributed by atoms with Gasteiger partial charge in [0.2, 0.25) is 17.7 Å². The first-order chi connectivity index (χ1) is 19.4. The van der Waals surface area contributed by atoms with Crippen molar-refractivity contribution in [3.8, 4) is 11.6 Å². The van der Waals surface area contributed by atoms with Crippen molar-refractivity contribution in [3.63, 3.8) is 0 Å². The van der Waals surface area contributed by atoms with E-state index >= 15 is 0 Å². The van der Waals surface area contributed by atoms with Crippen LogP contribution < -0.4 is 15.5 Å². The highest BCUT2D eigenvalue weighted by molar-refractivity contribution is 5.93. The van der Waals surface area contributed by atoms with E-state index in [2.05, 4.69) is 34.8 Å². The van der Waals surface area contributed by atoms with Crippen LogP contribution in [0.25, 0.3) is 17.4 Å². The average Bonchev–Trinajstić information content (AvgIpc) is 3.64. The maximum absolute atomic E-state index is 11.4. The summed E-state index contributed by atoms with van der Waals surface area (Å²) in [5.41, 5.74) is 6.16. The SMILES string of the molecule is Nc1nc(N2CCCC(CN3CCN(c4ccc(C(=O)O)c([N+](=O)[O-])c4)CC3)C2)nc2nc(-c3ccco3)nn12. The normalized spacial score (nSPS) is 18.4. The van der Waals surface area contributed by atoms with Gasteiger partial charge in [0.05, 0.1) is 11.2 Å². The molecule has 1 atom stereocenters. The van der Waals surface area contributed by atoms with Gasteiger partial charge in [0.1, 0.15) is 5.56 Å². The number of piperazine rings is 1. The van der Waals surface area contributed by atoms with Crippen LogP contribution in [0.15, 0.2) is 41.0 Å². The monoisotopic (exact) mass is 548 g/mol. The lowest BCUT2D eigenvalue weighted by Gasteiger charge is -2.40. The van der Waals surface area contributed by atoms with E-state index in [4.69, 9.17) is 10.2 Å². The van der Waals surface area contributed by atoms with Gasteiger partial charge in [-0.3, -0.25) is 15.0 Å². The van der Waals surface area contributed by atoms with Crippen molar-refractivity contribution in [1.82, 2.24) is 29.5 Å².